The van der Waals surface area contributed by atoms with E-state index in [1.165, 1.54) is 11.3 Å². The van der Waals surface area contributed by atoms with E-state index >= 15 is 0 Å². The second-order valence-electron chi connectivity index (χ2n) is 5.61. The number of benzene rings is 1. The Balaban J connectivity index is 1.88. The van der Waals surface area contributed by atoms with Crippen molar-refractivity contribution in [1.82, 2.24) is 15.6 Å². The zero-order valence-corrected chi connectivity index (χ0v) is 14.4. The molecule has 2 rings (SSSR count). The summed E-state index contributed by atoms with van der Waals surface area (Å²) in [5, 5.41) is 4.32. The van der Waals surface area contributed by atoms with Gasteiger partial charge in [0.1, 0.15) is 12.6 Å². The van der Waals surface area contributed by atoms with Gasteiger partial charge in [0, 0.05) is 0 Å². The number of hydrogen-bond donors (Lipinski definition) is 3. The van der Waals surface area contributed by atoms with Crippen LogP contribution in [0.2, 0.25) is 0 Å². The maximum Gasteiger partial charge on any atom is 0.405 e. The number of aromatic nitrogens is 1. The van der Waals surface area contributed by atoms with Gasteiger partial charge < -0.3 is 10.2 Å². The molecular formula is C15H18F3N4O2S+. The number of fused-ring (bicyclic) bond motifs is 1. The number of urea groups is 1. The number of thiazole rings is 1. The largest absolute Gasteiger partial charge is 0.405 e. The van der Waals surface area contributed by atoms with Crippen LogP contribution in [-0.2, 0) is 4.79 Å². The molecule has 1 aromatic carbocycles. The molecule has 136 valence electrons. The fraction of sp³-hybridized carbons (Fsp3) is 0.400. The number of alkyl halides is 3. The average Bonchev–Trinajstić information content (AvgIpc) is 2.95. The first-order chi connectivity index (χ1) is 11.7. The summed E-state index contributed by atoms with van der Waals surface area (Å²) >= 11 is 1.52. The lowest BCUT2D eigenvalue weighted by molar-refractivity contribution is -0.902. The van der Waals surface area contributed by atoms with Crippen molar-refractivity contribution < 1.29 is 27.7 Å². The Hall–Kier alpha value is -2.20. The predicted molar refractivity (Wildman–Crippen MR) is 87.4 cm³/mol. The molecule has 0 bridgehead atoms. The minimum atomic E-state index is -4.52. The highest BCUT2D eigenvalue weighted by atomic mass is 32.1. The second-order valence-corrected chi connectivity index (χ2v) is 6.67. The van der Waals surface area contributed by atoms with Crippen molar-refractivity contribution in [2.24, 2.45) is 0 Å². The average molecular weight is 375 g/mol. The maximum absolute atomic E-state index is 12.0. The van der Waals surface area contributed by atoms with Crippen LogP contribution in [-0.4, -0.2) is 43.2 Å². The first kappa shape index (κ1) is 19.1. The fourth-order valence-corrected chi connectivity index (χ4v) is 3.20. The first-order valence-electron chi connectivity index (χ1n) is 7.48. The van der Waals surface area contributed by atoms with Gasteiger partial charge in [0.25, 0.3) is 5.91 Å². The summed E-state index contributed by atoms with van der Waals surface area (Å²) in [6.45, 7) is 0.331. The number of hydrogen-bond acceptors (Lipinski definition) is 4. The first-order valence-corrected chi connectivity index (χ1v) is 8.29. The Kier molecular flexibility index (Phi) is 5.96. The Labute approximate surface area is 146 Å². The summed E-state index contributed by atoms with van der Waals surface area (Å²) in [4.78, 5) is 28.4. The molecule has 10 heteroatoms. The molecule has 6 nitrogen and oxygen atoms in total. The van der Waals surface area contributed by atoms with E-state index in [9.17, 15) is 22.8 Å². The van der Waals surface area contributed by atoms with Gasteiger partial charge in [-0.2, -0.15) is 13.2 Å². The van der Waals surface area contributed by atoms with Gasteiger partial charge >= 0.3 is 12.2 Å². The van der Waals surface area contributed by atoms with Crippen LogP contribution in [0.5, 0.6) is 0 Å². The number of halogens is 3. The molecule has 1 heterocycles. The highest BCUT2D eigenvalue weighted by Gasteiger charge is 2.28. The number of amides is 3. The number of imide groups is 1. The Bertz CT molecular complexity index is 730. The third-order valence-electron chi connectivity index (χ3n) is 3.56. The Morgan fingerprint density at radius 3 is 2.64 bits per heavy atom. The van der Waals surface area contributed by atoms with Crippen LogP contribution in [0.4, 0.5) is 18.0 Å². The highest BCUT2D eigenvalue weighted by Crippen LogP contribution is 2.24. The van der Waals surface area contributed by atoms with Gasteiger partial charge in [0.15, 0.2) is 11.6 Å². The molecule has 3 amide bonds. The van der Waals surface area contributed by atoms with Crippen molar-refractivity contribution in [2.45, 2.75) is 19.1 Å². The van der Waals surface area contributed by atoms with Gasteiger partial charge in [0.2, 0.25) is 0 Å². The number of rotatable bonds is 5. The monoisotopic (exact) mass is 375 g/mol. The zero-order chi connectivity index (χ0) is 18.6. The number of para-hydroxylation sites is 1. The summed E-state index contributed by atoms with van der Waals surface area (Å²) in [6.07, 6.45) is -4.52. The smallest absolute Gasteiger partial charge is 0.329 e. The number of nitrogens with one attached hydrogen (secondary N) is 3. The molecule has 0 aliphatic heterocycles. The molecule has 1 aromatic heterocycles. The Morgan fingerprint density at radius 1 is 1.32 bits per heavy atom. The van der Waals surface area contributed by atoms with E-state index in [2.05, 4.69) is 4.98 Å². The lowest BCUT2D eigenvalue weighted by Crippen LogP contribution is -3.10. The van der Waals surface area contributed by atoms with Crippen molar-refractivity contribution in [3.63, 3.8) is 0 Å². The van der Waals surface area contributed by atoms with Crippen molar-refractivity contribution in [3.8, 4) is 0 Å². The standard InChI is InChI=1S/C15H17F3N4O2S/c1-9(13-20-10-5-3-4-6-11(10)25-13)22(2)7-12(23)21-14(24)19-8-15(16,17)18/h3-6,9H,7-8H2,1-2H3,(H2,19,21,23,24)/p+1/t9-/m1/s1. The molecule has 0 fully saturated rings. The Morgan fingerprint density at radius 2 is 2.00 bits per heavy atom. The molecule has 2 atom stereocenters. The maximum atomic E-state index is 12.0. The summed E-state index contributed by atoms with van der Waals surface area (Å²) in [7, 11) is 1.75. The van der Waals surface area contributed by atoms with Crippen LogP contribution in [0, 0.1) is 0 Å². The molecule has 3 N–H and O–H groups in total. The third kappa shape index (κ3) is 5.68. The van der Waals surface area contributed by atoms with Crippen LogP contribution in [0.1, 0.15) is 18.0 Å². The van der Waals surface area contributed by atoms with Gasteiger partial charge in [-0.25, -0.2) is 9.78 Å². The summed E-state index contributed by atoms with van der Waals surface area (Å²) < 4.78 is 37.1. The predicted octanol–water partition coefficient (Wildman–Crippen LogP) is 1.26. The molecule has 25 heavy (non-hydrogen) atoms. The van der Waals surface area contributed by atoms with E-state index in [-0.39, 0.29) is 12.6 Å². The number of likely N-dealkylation sites (N-methyl/N-ethyl adjacent to an activating group) is 1. The minimum Gasteiger partial charge on any atom is -0.329 e. The molecule has 0 saturated heterocycles. The third-order valence-corrected chi connectivity index (χ3v) is 4.78. The minimum absolute atomic E-state index is 0.0729. The normalized spacial score (nSPS) is 14.1. The molecule has 1 unspecified atom stereocenters. The van der Waals surface area contributed by atoms with Crippen molar-refractivity contribution in [3.05, 3.63) is 29.3 Å². The summed E-state index contributed by atoms with van der Waals surface area (Å²) in [6, 6.07) is 6.38. The lowest BCUT2D eigenvalue weighted by atomic mass is 10.3. The van der Waals surface area contributed by atoms with Gasteiger partial charge in [-0.05, 0) is 19.1 Å². The lowest BCUT2D eigenvalue weighted by Gasteiger charge is -2.19. The topological polar surface area (TPSA) is 75.5 Å². The van der Waals surface area contributed by atoms with Crippen LogP contribution in [0.3, 0.4) is 0 Å². The van der Waals surface area contributed by atoms with Crippen molar-refractivity contribution >= 4 is 33.5 Å². The second kappa shape index (κ2) is 7.79. The van der Waals surface area contributed by atoms with E-state index < -0.39 is 24.7 Å². The van der Waals surface area contributed by atoms with Gasteiger partial charge in [-0.15, -0.1) is 11.3 Å². The fourth-order valence-electron chi connectivity index (χ4n) is 2.09. The SMILES string of the molecule is C[C@H](c1nc2ccccc2s1)[NH+](C)CC(=O)NC(=O)NCC(F)(F)F. The van der Waals surface area contributed by atoms with Crippen LogP contribution in [0.25, 0.3) is 10.2 Å². The van der Waals surface area contributed by atoms with Gasteiger partial charge in [0.05, 0.1) is 17.3 Å². The van der Waals surface area contributed by atoms with Crippen molar-refractivity contribution in [1.29, 1.82) is 0 Å². The van der Waals surface area contributed by atoms with E-state index in [1.807, 2.05) is 36.5 Å². The van der Waals surface area contributed by atoms with Crippen LogP contribution in [0.15, 0.2) is 24.3 Å². The highest BCUT2D eigenvalue weighted by molar-refractivity contribution is 7.18. The number of nitrogens with zero attached hydrogens (tertiary/aromatic N) is 1. The quantitative estimate of drug-likeness (QED) is 0.737. The summed E-state index contributed by atoms with van der Waals surface area (Å²) in [5.41, 5.74) is 0.873. The molecule has 0 spiro atoms. The van der Waals surface area contributed by atoms with Gasteiger partial charge in [-0.3, -0.25) is 10.1 Å². The van der Waals surface area contributed by atoms with E-state index in [0.29, 0.717) is 0 Å². The molecule has 0 aliphatic carbocycles. The van der Waals surface area contributed by atoms with Crippen molar-refractivity contribution in [2.75, 3.05) is 20.1 Å². The van der Waals surface area contributed by atoms with E-state index in [0.717, 1.165) is 20.1 Å². The van der Waals surface area contributed by atoms with E-state index in [1.54, 1.807) is 12.4 Å². The van der Waals surface area contributed by atoms with E-state index in [4.69, 9.17) is 0 Å². The van der Waals surface area contributed by atoms with Crippen LogP contribution >= 0.6 is 11.3 Å². The summed E-state index contributed by atoms with van der Waals surface area (Å²) in [5.74, 6) is -0.662. The number of quaternary nitrogens is 1. The molecule has 0 aliphatic rings. The molecular weight excluding hydrogens is 357 g/mol. The zero-order valence-electron chi connectivity index (χ0n) is 13.6. The molecule has 0 saturated carbocycles. The van der Waals surface area contributed by atoms with Crippen LogP contribution < -0.4 is 15.5 Å². The number of carbonyl (C=O) groups excluding carboxylic acids is 2. The molecule has 2 aromatic rings. The van der Waals surface area contributed by atoms with Gasteiger partial charge in [-0.1, -0.05) is 12.1 Å². The number of carbonyl (C=O) groups is 2. The molecule has 0 radical (unpaired) electrons.